The summed E-state index contributed by atoms with van der Waals surface area (Å²) in [4.78, 5) is 0. The summed E-state index contributed by atoms with van der Waals surface area (Å²) in [6, 6.07) is 4.41. The van der Waals surface area contributed by atoms with Gasteiger partial charge in [0.2, 0.25) is 0 Å². The minimum absolute atomic E-state index is 1.05. The van der Waals surface area contributed by atoms with Crippen LogP contribution in [0.1, 0.15) is 49.8 Å². The Labute approximate surface area is 93.7 Å². The molecule has 1 heteroatoms. The quantitative estimate of drug-likeness (QED) is 0.725. The van der Waals surface area contributed by atoms with Gasteiger partial charge < -0.3 is 5.73 Å². The molecule has 1 nitrogen and oxygen atoms in total. The molecule has 84 valence electrons. The van der Waals surface area contributed by atoms with E-state index in [1.165, 1.54) is 36.0 Å². The maximum Gasteiger partial charge on any atom is 0.0381 e. The zero-order chi connectivity index (χ0) is 11.3. The third kappa shape index (κ3) is 2.98. The number of benzene rings is 1. The minimum Gasteiger partial charge on any atom is -0.398 e. The van der Waals surface area contributed by atoms with Gasteiger partial charge in [-0.25, -0.2) is 0 Å². The molecule has 0 spiro atoms. The van der Waals surface area contributed by atoms with Gasteiger partial charge >= 0.3 is 0 Å². The summed E-state index contributed by atoms with van der Waals surface area (Å²) < 4.78 is 0. The van der Waals surface area contributed by atoms with Crippen molar-refractivity contribution in [2.45, 2.75) is 52.9 Å². The third-order valence-electron chi connectivity index (χ3n) is 2.98. The van der Waals surface area contributed by atoms with Gasteiger partial charge in [-0.05, 0) is 42.9 Å². The first-order valence-electron chi connectivity index (χ1n) is 6.07. The molecule has 15 heavy (non-hydrogen) atoms. The number of rotatable bonds is 5. The van der Waals surface area contributed by atoms with Crippen molar-refractivity contribution in [3.05, 3.63) is 28.8 Å². The maximum absolute atomic E-state index is 6.21. The van der Waals surface area contributed by atoms with Crippen LogP contribution in [-0.2, 0) is 12.8 Å². The van der Waals surface area contributed by atoms with E-state index in [-0.39, 0.29) is 0 Å². The lowest BCUT2D eigenvalue weighted by Crippen LogP contribution is -2.02. The fourth-order valence-electron chi connectivity index (χ4n) is 1.99. The Morgan fingerprint density at radius 3 is 2.40 bits per heavy atom. The predicted octanol–water partition coefficient (Wildman–Crippen LogP) is 3.87. The van der Waals surface area contributed by atoms with E-state index in [9.17, 15) is 0 Å². The number of nitrogen functional groups attached to an aromatic ring is 1. The fraction of sp³-hybridized carbons (Fsp3) is 0.571. The second kappa shape index (κ2) is 5.79. The van der Waals surface area contributed by atoms with Crippen LogP contribution in [0.15, 0.2) is 12.1 Å². The first kappa shape index (κ1) is 12.1. The highest BCUT2D eigenvalue weighted by Gasteiger charge is 2.06. The Bertz CT molecular complexity index is 315. The van der Waals surface area contributed by atoms with Gasteiger partial charge in [0.1, 0.15) is 0 Å². The smallest absolute Gasteiger partial charge is 0.0381 e. The average molecular weight is 205 g/mol. The van der Waals surface area contributed by atoms with E-state index in [1.807, 2.05) is 0 Å². The van der Waals surface area contributed by atoms with Crippen LogP contribution < -0.4 is 5.73 Å². The molecule has 1 rings (SSSR count). The molecule has 1 aromatic carbocycles. The molecule has 0 saturated carbocycles. The topological polar surface area (TPSA) is 26.0 Å². The summed E-state index contributed by atoms with van der Waals surface area (Å²) in [6.45, 7) is 6.58. The summed E-state index contributed by atoms with van der Waals surface area (Å²) in [5.74, 6) is 0. The molecule has 0 saturated heterocycles. The van der Waals surface area contributed by atoms with Gasteiger partial charge in [0.25, 0.3) is 0 Å². The number of hydrogen-bond acceptors (Lipinski definition) is 1. The molecule has 0 radical (unpaired) electrons. The van der Waals surface area contributed by atoms with Crippen molar-refractivity contribution >= 4 is 5.69 Å². The molecule has 0 fully saturated rings. The van der Waals surface area contributed by atoms with E-state index < -0.39 is 0 Å². The summed E-state index contributed by atoms with van der Waals surface area (Å²) in [6.07, 6.45) is 5.87. The summed E-state index contributed by atoms with van der Waals surface area (Å²) >= 11 is 0. The largest absolute Gasteiger partial charge is 0.398 e. The van der Waals surface area contributed by atoms with E-state index in [1.54, 1.807) is 0 Å². The maximum atomic E-state index is 6.21. The normalized spacial score (nSPS) is 10.6. The number of aryl methyl sites for hydroxylation is 2. The molecular formula is C14H23N. The molecular weight excluding hydrogens is 182 g/mol. The third-order valence-corrected chi connectivity index (χ3v) is 2.98. The Morgan fingerprint density at radius 1 is 1.07 bits per heavy atom. The van der Waals surface area contributed by atoms with Crippen LogP contribution >= 0.6 is 0 Å². The van der Waals surface area contributed by atoms with Gasteiger partial charge in [0.05, 0.1) is 0 Å². The number of hydrogen-bond donors (Lipinski definition) is 1. The molecule has 0 aromatic heterocycles. The SMILES string of the molecule is CCCCc1ccc(C)c(CCC)c1N. The second-order valence-corrected chi connectivity index (χ2v) is 4.29. The van der Waals surface area contributed by atoms with Crippen LogP contribution in [-0.4, -0.2) is 0 Å². The number of unbranched alkanes of at least 4 members (excludes halogenated alkanes) is 1. The molecule has 0 aliphatic carbocycles. The van der Waals surface area contributed by atoms with Crippen molar-refractivity contribution in [3.8, 4) is 0 Å². The molecule has 0 aliphatic heterocycles. The van der Waals surface area contributed by atoms with Crippen LogP contribution in [0.25, 0.3) is 0 Å². The Kier molecular flexibility index (Phi) is 4.67. The highest BCUT2D eigenvalue weighted by atomic mass is 14.6. The van der Waals surface area contributed by atoms with Crippen molar-refractivity contribution in [2.75, 3.05) is 5.73 Å². The Hall–Kier alpha value is -0.980. The van der Waals surface area contributed by atoms with Crippen molar-refractivity contribution in [3.63, 3.8) is 0 Å². The van der Waals surface area contributed by atoms with Gasteiger partial charge in [0.15, 0.2) is 0 Å². The average Bonchev–Trinajstić information content (AvgIpc) is 2.23. The fourth-order valence-corrected chi connectivity index (χ4v) is 1.99. The monoisotopic (exact) mass is 205 g/mol. The van der Waals surface area contributed by atoms with E-state index in [0.717, 1.165) is 18.5 Å². The van der Waals surface area contributed by atoms with Crippen LogP contribution in [0.2, 0.25) is 0 Å². The molecule has 0 aliphatic rings. The van der Waals surface area contributed by atoms with Crippen LogP contribution in [0.4, 0.5) is 5.69 Å². The second-order valence-electron chi connectivity index (χ2n) is 4.29. The molecule has 0 atom stereocenters. The zero-order valence-electron chi connectivity index (χ0n) is 10.3. The van der Waals surface area contributed by atoms with Gasteiger partial charge in [-0.15, -0.1) is 0 Å². The van der Waals surface area contributed by atoms with Crippen molar-refractivity contribution < 1.29 is 0 Å². The molecule has 0 bridgehead atoms. The van der Waals surface area contributed by atoms with Gasteiger partial charge in [-0.3, -0.25) is 0 Å². The van der Waals surface area contributed by atoms with Crippen LogP contribution in [0.3, 0.4) is 0 Å². The highest BCUT2D eigenvalue weighted by molar-refractivity contribution is 5.57. The summed E-state index contributed by atoms with van der Waals surface area (Å²) in [5, 5.41) is 0. The predicted molar refractivity (Wildman–Crippen MR) is 68.2 cm³/mol. The van der Waals surface area contributed by atoms with Gasteiger partial charge in [-0.1, -0.05) is 38.8 Å². The number of nitrogens with two attached hydrogens (primary N) is 1. The molecule has 2 N–H and O–H groups in total. The lowest BCUT2D eigenvalue weighted by Gasteiger charge is -2.13. The molecule has 0 heterocycles. The standard InChI is InChI=1S/C14H23N/c1-4-6-8-12-10-9-11(3)13(7-5-2)14(12)15/h9-10H,4-8,15H2,1-3H3. The summed E-state index contributed by atoms with van der Waals surface area (Å²) in [5.41, 5.74) is 11.3. The lowest BCUT2D eigenvalue weighted by atomic mass is 9.96. The van der Waals surface area contributed by atoms with E-state index in [0.29, 0.717) is 0 Å². The first-order chi connectivity index (χ1) is 7.20. The molecule has 0 unspecified atom stereocenters. The van der Waals surface area contributed by atoms with Gasteiger partial charge in [-0.2, -0.15) is 0 Å². The molecule has 0 amide bonds. The summed E-state index contributed by atoms with van der Waals surface area (Å²) in [7, 11) is 0. The first-order valence-corrected chi connectivity index (χ1v) is 6.07. The van der Waals surface area contributed by atoms with Gasteiger partial charge in [0, 0.05) is 5.69 Å². The number of anilines is 1. The highest BCUT2D eigenvalue weighted by Crippen LogP contribution is 2.24. The van der Waals surface area contributed by atoms with Crippen LogP contribution in [0, 0.1) is 6.92 Å². The zero-order valence-corrected chi connectivity index (χ0v) is 10.3. The Morgan fingerprint density at radius 2 is 1.80 bits per heavy atom. The minimum atomic E-state index is 1.05. The molecule has 1 aromatic rings. The Balaban J connectivity index is 2.94. The van der Waals surface area contributed by atoms with Crippen molar-refractivity contribution in [1.29, 1.82) is 0 Å². The van der Waals surface area contributed by atoms with E-state index in [2.05, 4.69) is 32.9 Å². The van der Waals surface area contributed by atoms with Crippen molar-refractivity contribution in [2.24, 2.45) is 0 Å². The van der Waals surface area contributed by atoms with E-state index >= 15 is 0 Å². The lowest BCUT2D eigenvalue weighted by molar-refractivity contribution is 0.794. The van der Waals surface area contributed by atoms with E-state index in [4.69, 9.17) is 5.73 Å². The van der Waals surface area contributed by atoms with Crippen LogP contribution in [0.5, 0.6) is 0 Å². The van der Waals surface area contributed by atoms with Crippen molar-refractivity contribution in [1.82, 2.24) is 0 Å².